The zero-order chi connectivity index (χ0) is 21.2. The second-order valence-corrected chi connectivity index (χ2v) is 8.77. The minimum atomic E-state index is 0.0414. The molecule has 8 heteroatoms. The Morgan fingerprint density at radius 3 is 2.94 bits per heavy atom. The van der Waals surface area contributed by atoms with Crippen LogP contribution in [0.2, 0.25) is 5.02 Å². The van der Waals surface area contributed by atoms with Gasteiger partial charge in [-0.1, -0.05) is 30.2 Å². The zero-order valence-electron chi connectivity index (χ0n) is 17.4. The molecule has 0 spiro atoms. The van der Waals surface area contributed by atoms with E-state index in [1.165, 1.54) is 6.42 Å². The second kappa shape index (κ2) is 8.75. The van der Waals surface area contributed by atoms with Gasteiger partial charge >= 0.3 is 0 Å². The lowest BCUT2D eigenvalue weighted by molar-refractivity contribution is 0.0783. The van der Waals surface area contributed by atoms with Crippen molar-refractivity contribution in [2.45, 2.75) is 51.0 Å². The zero-order valence-corrected chi connectivity index (χ0v) is 18.1. The van der Waals surface area contributed by atoms with Gasteiger partial charge in [0.15, 0.2) is 5.69 Å². The summed E-state index contributed by atoms with van der Waals surface area (Å²) in [6.45, 7) is 1.76. The number of nitrogens with zero attached hydrogens (tertiary/aromatic N) is 3. The molecule has 1 aromatic carbocycles. The number of ether oxygens (including phenoxy) is 1. The molecule has 0 bridgehead atoms. The molecule has 3 heterocycles. The van der Waals surface area contributed by atoms with Crippen LogP contribution in [0.3, 0.4) is 0 Å². The van der Waals surface area contributed by atoms with Crippen LogP contribution in [0.1, 0.15) is 64.7 Å². The van der Waals surface area contributed by atoms with E-state index in [0.29, 0.717) is 29.6 Å². The van der Waals surface area contributed by atoms with E-state index in [1.54, 1.807) is 6.07 Å². The van der Waals surface area contributed by atoms with E-state index in [0.717, 1.165) is 61.3 Å². The number of benzene rings is 1. The number of hydrogen-bond acceptors (Lipinski definition) is 4. The van der Waals surface area contributed by atoms with Gasteiger partial charge in [0, 0.05) is 30.3 Å². The predicted molar refractivity (Wildman–Crippen MR) is 117 cm³/mol. The summed E-state index contributed by atoms with van der Waals surface area (Å²) in [5.74, 6) is 0.905. The molecule has 31 heavy (non-hydrogen) atoms. The molecular formula is C23H26ClN5O2. The van der Waals surface area contributed by atoms with Crippen LogP contribution in [0.25, 0.3) is 0 Å². The summed E-state index contributed by atoms with van der Waals surface area (Å²) in [7, 11) is 0. The van der Waals surface area contributed by atoms with Gasteiger partial charge in [-0.3, -0.25) is 15.0 Å². The predicted octanol–water partition coefficient (Wildman–Crippen LogP) is 4.26. The monoisotopic (exact) mass is 439 g/mol. The molecule has 1 saturated heterocycles. The maximum absolute atomic E-state index is 13.1. The molecule has 7 nitrogen and oxygen atoms in total. The third-order valence-corrected chi connectivity index (χ3v) is 6.59. The standard InChI is InChI=1S/C23H26ClN5O2/c24-18-7-4-5-9-21(18)31-14-16-12-20(27-25-16)15-10-11-29(13-15)23(30)22-17-6-2-1-3-8-19(17)26-28-22/h4-5,7,9,12,15H,1-3,6,8,10-11,13-14H2,(H,25,27)(H,26,28)/t15-/m0/s1. The summed E-state index contributed by atoms with van der Waals surface area (Å²) >= 11 is 6.14. The van der Waals surface area contributed by atoms with Gasteiger partial charge < -0.3 is 9.64 Å². The number of halogens is 1. The maximum atomic E-state index is 13.1. The van der Waals surface area contributed by atoms with Gasteiger partial charge in [-0.25, -0.2) is 0 Å². The molecule has 0 saturated carbocycles. The van der Waals surface area contributed by atoms with E-state index in [1.807, 2.05) is 29.2 Å². The van der Waals surface area contributed by atoms with Crippen LogP contribution in [-0.4, -0.2) is 44.3 Å². The molecule has 2 N–H and O–H groups in total. The van der Waals surface area contributed by atoms with Crippen LogP contribution in [0.5, 0.6) is 5.75 Å². The van der Waals surface area contributed by atoms with Crippen LogP contribution < -0.4 is 4.74 Å². The largest absolute Gasteiger partial charge is 0.486 e. The third kappa shape index (κ3) is 4.19. The van der Waals surface area contributed by atoms with Gasteiger partial charge in [0.25, 0.3) is 5.91 Å². The highest BCUT2D eigenvalue weighted by molar-refractivity contribution is 6.32. The van der Waals surface area contributed by atoms with Gasteiger partial charge in [0.2, 0.25) is 0 Å². The Labute approximate surface area is 186 Å². The average Bonchev–Trinajstić information content (AvgIpc) is 3.50. The van der Waals surface area contributed by atoms with Crippen molar-refractivity contribution >= 4 is 17.5 Å². The Morgan fingerprint density at radius 2 is 2.03 bits per heavy atom. The molecule has 1 aliphatic carbocycles. The van der Waals surface area contributed by atoms with E-state index in [9.17, 15) is 4.79 Å². The van der Waals surface area contributed by atoms with Crippen molar-refractivity contribution in [1.29, 1.82) is 0 Å². The highest BCUT2D eigenvalue weighted by Gasteiger charge is 2.32. The Bertz CT molecular complexity index is 1080. The van der Waals surface area contributed by atoms with Crippen molar-refractivity contribution in [1.82, 2.24) is 25.3 Å². The number of carbonyl (C=O) groups excluding carboxylic acids is 1. The topological polar surface area (TPSA) is 86.9 Å². The van der Waals surface area contributed by atoms with Crippen molar-refractivity contribution < 1.29 is 9.53 Å². The molecule has 0 unspecified atom stereocenters. The summed E-state index contributed by atoms with van der Waals surface area (Å²) in [4.78, 5) is 15.1. The Morgan fingerprint density at radius 1 is 1.16 bits per heavy atom. The van der Waals surface area contributed by atoms with Crippen LogP contribution in [-0.2, 0) is 19.4 Å². The van der Waals surface area contributed by atoms with Crippen molar-refractivity contribution in [2.24, 2.45) is 0 Å². The number of carbonyl (C=O) groups is 1. The number of aryl methyl sites for hydroxylation is 1. The first-order chi connectivity index (χ1) is 15.2. The third-order valence-electron chi connectivity index (χ3n) is 6.27. The van der Waals surface area contributed by atoms with Gasteiger partial charge in [0.1, 0.15) is 12.4 Å². The number of rotatable bonds is 5. The first-order valence-corrected chi connectivity index (χ1v) is 11.3. The first-order valence-electron chi connectivity index (χ1n) is 11.0. The van der Waals surface area contributed by atoms with E-state index in [-0.39, 0.29) is 11.8 Å². The number of aromatic amines is 2. The first kappa shape index (κ1) is 20.1. The molecule has 3 aromatic rings. The molecule has 0 radical (unpaired) electrons. The van der Waals surface area contributed by atoms with E-state index < -0.39 is 0 Å². The van der Waals surface area contributed by atoms with Crippen molar-refractivity contribution in [2.75, 3.05) is 13.1 Å². The minimum absolute atomic E-state index is 0.0414. The number of hydrogen-bond donors (Lipinski definition) is 2. The fourth-order valence-corrected chi connectivity index (χ4v) is 4.74. The maximum Gasteiger partial charge on any atom is 0.274 e. The molecule has 1 amide bonds. The van der Waals surface area contributed by atoms with Gasteiger partial charge in [-0.15, -0.1) is 0 Å². The number of para-hydroxylation sites is 1. The van der Waals surface area contributed by atoms with Crippen LogP contribution in [0.15, 0.2) is 30.3 Å². The minimum Gasteiger partial charge on any atom is -0.486 e. The number of fused-ring (bicyclic) bond motifs is 1. The fourth-order valence-electron chi connectivity index (χ4n) is 4.55. The van der Waals surface area contributed by atoms with Crippen LogP contribution in [0, 0.1) is 0 Å². The van der Waals surface area contributed by atoms with Crippen molar-refractivity contribution in [3.8, 4) is 5.75 Å². The van der Waals surface area contributed by atoms with Gasteiger partial charge in [0.05, 0.1) is 16.4 Å². The van der Waals surface area contributed by atoms with Crippen molar-refractivity contribution in [3.05, 3.63) is 63.7 Å². The highest BCUT2D eigenvalue weighted by atomic mass is 35.5. The summed E-state index contributed by atoms with van der Waals surface area (Å²) in [6, 6.07) is 9.43. The number of H-pyrrole nitrogens is 2. The normalized spacial score (nSPS) is 18.6. The Balaban J connectivity index is 1.22. The lowest BCUT2D eigenvalue weighted by Gasteiger charge is -2.15. The lowest BCUT2D eigenvalue weighted by Crippen LogP contribution is -2.29. The van der Waals surface area contributed by atoms with Crippen molar-refractivity contribution in [3.63, 3.8) is 0 Å². The molecule has 1 atom stereocenters. The van der Waals surface area contributed by atoms with Crippen LogP contribution in [0.4, 0.5) is 0 Å². The second-order valence-electron chi connectivity index (χ2n) is 8.36. The molecule has 162 valence electrons. The molecule has 2 aliphatic rings. The van der Waals surface area contributed by atoms with E-state index >= 15 is 0 Å². The highest BCUT2D eigenvalue weighted by Crippen LogP contribution is 2.30. The van der Waals surface area contributed by atoms with Gasteiger partial charge in [-0.2, -0.15) is 10.2 Å². The molecule has 2 aromatic heterocycles. The average molecular weight is 440 g/mol. The smallest absolute Gasteiger partial charge is 0.274 e. The quantitative estimate of drug-likeness (QED) is 0.581. The van der Waals surface area contributed by atoms with E-state index in [2.05, 4.69) is 20.4 Å². The number of likely N-dealkylation sites (tertiary alicyclic amines) is 1. The summed E-state index contributed by atoms with van der Waals surface area (Å²) in [5, 5.41) is 15.6. The van der Waals surface area contributed by atoms with Gasteiger partial charge in [-0.05, 0) is 50.3 Å². The summed E-state index contributed by atoms with van der Waals surface area (Å²) in [5.41, 5.74) is 4.75. The lowest BCUT2D eigenvalue weighted by atomic mass is 10.0. The SMILES string of the molecule is O=C(c1n[nH]c2c1CCCCC2)N1CC[C@H](c2cc(COc3ccccc3Cl)[nH]n2)C1. The summed E-state index contributed by atoms with van der Waals surface area (Å²) < 4.78 is 5.79. The Hall–Kier alpha value is -2.80. The fraction of sp³-hybridized carbons (Fsp3) is 0.435. The molecular weight excluding hydrogens is 414 g/mol. The molecule has 1 aliphatic heterocycles. The Kier molecular flexibility index (Phi) is 5.68. The molecule has 5 rings (SSSR count). The molecule has 1 fully saturated rings. The summed E-state index contributed by atoms with van der Waals surface area (Å²) in [6.07, 6.45) is 6.33. The number of amides is 1. The number of aromatic nitrogens is 4. The van der Waals surface area contributed by atoms with E-state index in [4.69, 9.17) is 16.3 Å². The number of nitrogens with one attached hydrogen (secondary N) is 2. The van der Waals surface area contributed by atoms with Crippen LogP contribution >= 0.6 is 11.6 Å².